The number of nitrogens with zero attached hydrogens (tertiary/aromatic N) is 2. The second-order valence-corrected chi connectivity index (χ2v) is 13.0. The predicted molar refractivity (Wildman–Crippen MR) is 139 cm³/mol. The maximum atomic E-state index is 12.9. The molecule has 8 nitrogen and oxygen atoms in total. The molecule has 35 heavy (non-hydrogen) atoms. The van der Waals surface area contributed by atoms with Crippen LogP contribution in [0, 0.1) is 5.92 Å². The number of carbonyl (C=O) groups is 1. The van der Waals surface area contributed by atoms with Crippen molar-refractivity contribution in [1.29, 1.82) is 0 Å². The van der Waals surface area contributed by atoms with E-state index < -0.39 is 20.0 Å². The molecule has 1 heterocycles. The third-order valence-electron chi connectivity index (χ3n) is 6.07. The molecule has 0 aliphatic carbocycles. The summed E-state index contributed by atoms with van der Waals surface area (Å²) in [5.74, 6) is -0.884. The van der Waals surface area contributed by atoms with Crippen LogP contribution in [0.5, 0.6) is 0 Å². The monoisotopic (exact) mass is 561 g/mol. The average Bonchev–Trinajstić information content (AvgIpc) is 2.82. The van der Waals surface area contributed by atoms with E-state index in [9.17, 15) is 21.6 Å². The van der Waals surface area contributed by atoms with E-state index in [1.165, 1.54) is 20.7 Å². The van der Waals surface area contributed by atoms with Crippen molar-refractivity contribution >= 4 is 54.8 Å². The van der Waals surface area contributed by atoms with Gasteiger partial charge in [0.2, 0.25) is 26.0 Å². The highest BCUT2D eigenvalue weighted by atomic mass is 35.5. The van der Waals surface area contributed by atoms with Gasteiger partial charge >= 0.3 is 0 Å². The fraction of sp³-hybridized carbons (Fsp3) is 0.435. The SMILES string of the molecule is CCN(CC)S(=O)(=O)c1ccc(NC(=O)C2CCN(S(=O)(=O)Cc3c(Cl)cccc3Cl)CC2)cc1. The summed E-state index contributed by atoms with van der Waals surface area (Å²) in [6.45, 7) is 4.72. The van der Waals surface area contributed by atoms with Gasteiger partial charge in [-0.25, -0.2) is 21.1 Å². The third kappa shape index (κ3) is 6.55. The topological polar surface area (TPSA) is 104 Å². The van der Waals surface area contributed by atoms with E-state index in [-0.39, 0.29) is 35.6 Å². The quantitative estimate of drug-likeness (QED) is 0.494. The van der Waals surface area contributed by atoms with Crippen molar-refractivity contribution in [2.45, 2.75) is 37.3 Å². The van der Waals surface area contributed by atoms with Crippen molar-refractivity contribution in [3.05, 3.63) is 58.1 Å². The Kier molecular flexibility index (Phi) is 9.22. The minimum Gasteiger partial charge on any atom is -0.326 e. The lowest BCUT2D eigenvalue weighted by atomic mass is 9.97. The molecule has 1 fully saturated rings. The first kappa shape index (κ1) is 27.9. The smallest absolute Gasteiger partial charge is 0.243 e. The van der Waals surface area contributed by atoms with Gasteiger partial charge in [-0.15, -0.1) is 0 Å². The number of nitrogens with one attached hydrogen (secondary N) is 1. The van der Waals surface area contributed by atoms with Crippen LogP contribution in [0.3, 0.4) is 0 Å². The van der Waals surface area contributed by atoms with E-state index in [4.69, 9.17) is 23.2 Å². The van der Waals surface area contributed by atoms with Crippen molar-refractivity contribution in [3.8, 4) is 0 Å². The van der Waals surface area contributed by atoms with E-state index in [2.05, 4.69) is 5.32 Å². The number of anilines is 1. The van der Waals surface area contributed by atoms with Gasteiger partial charge in [-0.1, -0.05) is 43.1 Å². The molecule has 0 atom stereocenters. The van der Waals surface area contributed by atoms with Crippen LogP contribution in [0.4, 0.5) is 5.69 Å². The number of benzene rings is 2. The molecular weight excluding hydrogens is 533 g/mol. The van der Waals surface area contributed by atoms with Crippen LogP contribution in [-0.4, -0.2) is 57.5 Å². The Balaban J connectivity index is 1.59. The van der Waals surface area contributed by atoms with Crippen molar-refractivity contribution < 1.29 is 21.6 Å². The number of sulfonamides is 2. The van der Waals surface area contributed by atoms with Crippen LogP contribution >= 0.6 is 23.2 Å². The average molecular weight is 563 g/mol. The summed E-state index contributed by atoms with van der Waals surface area (Å²) in [7, 11) is -7.22. The van der Waals surface area contributed by atoms with Crippen molar-refractivity contribution in [2.75, 3.05) is 31.5 Å². The number of hydrogen-bond donors (Lipinski definition) is 1. The third-order valence-corrected chi connectivity index (χ3v) is 10.6. The summed E-state index contributed by atoms with van der Waals surface area (Å²) in [4.78, 5) is 12.9. The largest absolute Gasteiger partial charge is 0.326 e. The highest BCUT2D eigenvalue weighted by Crippen LogP contribution is 2.29. The molecule has 1 aliphatic rings. The van der Waals surface area contributed by atoms with Crippen molar-refractivity contribution in [2.24, 2.45) is 5.92 Å². The summed E-state index contributed by atoms with van der Waals surface area (Å²) in [6, 6.07) is 10.9. The Hall–Kier alpha value is -1.69. The lowest BCUT2D eigenvalue weighted by Crippen LogP contribution is -2.42. The second-order valence-electron chi connectivity index (χ2n) is 8.23. The van der Waals surface area contributed by atoms with Gasteiger partial charge in [0.05, 0.1) is 10.6 Å². The van der Waals surface area contributed by atoms with Gasteiger partial charge in [0.25, 0.3) is 0 Å². The number of halogens is 2. The maximum Gasteiger partial charge on any atom is 0.243 e. The zero-order valence-electron chi connectivity index (χ0n) is 19.6. The van der Waals surface area contributed by atoms with E-state index in [1.807, 2.05) is 0 Å². The number of rotatable bonds is 9. The standard InChI is InChI=1S/C23H29Cl2N3O5S2/c1-3-27(4-2)35(32,33)19-10-8-18(9-11-19)26-23(29)17-12-14-28(15-13-17)34(30,31)16-20-21(24)6-5-7-22(20)25/h5-11,17H,3-4,12-16H2,1-2H3,(H,26,29). The minimum absolute atomic E-state index is 0.163. The van der Waals surface area contributed by atoms with Crippen molar-refractivity contribution in [3.63, 3.8) is 0 Å². The Bertz CT molecular complexity index is 1240. The summed E-state index contributed by atoms with van der Waals surface area (Å²) < 4.78 is 53.7. The molecule has 1 aliphatic heterocycles. The van der Waals surface area contributed by atoms with E-state index in [0.717, 1.165) is 0 Å². The molecule has 0 unspecified atom stereocenters. The molecule has 1 N–H and O–H groups in total. The number of carbonyl (C=O) groups excluding carboxylic acids is 1. The molecule has 0 spiro atoms. The van der Waals surface area contributed by atoms with Gasteiger partial charge in [-0.05, 0) is 49.2 Å². The Morgan fingerprint density at radius 2 is 1.51 bits per heavy atom. The molecule has 0 aromatic heterocycles. The van der Waals surface area contributed by atoms with Crippen LogP contribution in [0.1, 0.15) is 32.3 Å². The minimum atomic E-state index is -3.65. The van der Waals surface area contributed by atoms with Gasteiger partial charge in [-0.2, -0.15) is 4.31 Å². The first-order valence-electron chi connectivity index (χ1n) is 11.3. The molecule has 192 valence electrons. The lowest BCUT2D eigenvalue weighted by Gasteiger charge is -2.30. The lowest BCUT2D eigenvalue weighted by molar-refractivity contribution is -0.120. The highest BCUT2D eigenvalue weighted by molar-refractivity contribution is 7.89. The van der Waals surface area contributed by atoms with Crippen molar-refractivity contribution in [1.82, 2.24) is 8.61 Å². The van der Waals surface area contributed by atoms with E-state index in [0.29, 0.717) is 47.2 Å². The fourth-order valence-electron chi connectivity index (χ4n) is 4.01. The molecule has 0 saturated carbocycles. The number of hydrogen-bond acceptors (Lipinski definition) is 5. The molecule has 0 radical (unpaired) electrons. The normalized spacial score (nSPS) is 15.9. The molecule has 2 aromatic carbocycles. The maximum absolute atomic E-state index is 12.9. The molecule has 3 rings (SSSR count). The van der Waals surface area contributed by atoms with Crippen LogP contribution < -0.4 is 5.32 Å². The number of amides is 1. The molecule has 1 saturated heterocycles. The molecular formula is C23H29Cl2N3O5S2. The molecule has 1 amide bonds. The second kappa shape index (κ2) is 11.6. The zero-order chi connectivity index (χ0) is 25.8. The highest BCUT2D eigenvalue weighted by Gasteiger charge is 2.32. The fourth-order valence-corrected chi connectivity index (χ4v) is 7.78. The Labute approximate surface area is 217 Å². The van der Waals surface area contributed by atoms with Crippen LogP contribution in [0.25, 0.3) is 0 Å². The van der Waals surface area contributed by atoms with Crippen LogP contribution in [0.15, 0.2) is 47.4 Å². The van der Waals surface area contributed by atoms with E-state index >= 15 is 0 Å². The Morgan fingerprint density at radius 1 is 0.971 bits per heavy atom. The van der Waals surface area contributed by atoms with Gasteiger partial charge in [0.15, 0.2) is 0 Å². The molecule has 2 aromatic rings. The summed E-state index contributed by atoms with van der Waals surface area (Å²) in [5, 5.41) is 3.40. The molecule has 12 heteroatoms. The number of piperidine rings is 1. The Morgan fingerprint density at radius 3 is 2.03 bits per heavy atom. The first-order chi connectivity index (χ1) is 16.5. The zero-order valence-corrected chi connectivity index (χ0v) is 22.7. The van der Waals surface area contributed by atoms with Gasteiger partial charge < -0.3 is 5.32 Å². The summed E-state index contributed by atoms with van der Waals surface area (Å²) in [6.07, 6.45) is 0.742. The van der Waals surface area contributed by atoms with Crippen LogP contribution in [0.2, 0.25) is 10.0 Å². The van der Waals surface area contributed by atoms with Gasteiger partial charge in [-0.3, -0.25) is 4.79 Å². The first-order valence-corrected chi connectivity index (χ1v) is 15.1. The van der Waals surface area contributed by atoms with E-state index in [1.54, 1.807) is 44.2 Å². The van der Waals surface area contributed by atoms with Gasteiger partial charge in [0.1, 0.15) is 0 Å². The van der Waals surface area contributed by atoms with Gasteiger partial charge in [0, 0.05) is 53.4 Å². The summed E-state index contributed by atoms with van der Waals surface area (Å²) in [5.41, 5.74) is 0.846. The predicted octanol–water partition coefficient (Wildman–Crippen LogP) is 4.20. The van der Waals surface area contributed by atoms with Crippen LogP contribution in [-0.2, 0) is 30.6 Å². The molecule has 0 bridgehead atoms. The summed E-state index contributed by atoms with van der Waals surface area (Å²) >= 11 is 12.3.